The summed E-state index contributed by atoms with van der Waals surface area (Å²) >= 11 is 0. The van der Waals surface area contributed by atoms with E-state index in [1.54, 1.807) is 12.1 Å². The third-order valence-electron chi connectivity index (χ3n) is 3.49. The third-order valence-corrected chi connectivity index (χ3v) is 3.49. The van der Waals surface area contributed by atoms with Crippen molar-refractivity contribution in [1.82, 2.24) is 10.5 Å². The zero-order valence-electron chi connectivity index (χ0n) is 12.5. The molecule has 0 atom stereocenters. The molecule has 0 saturated heterocycles. The molecule has 2 rings (SSSR count). The molecule has 3 N–H and O–H groups in total. The van der Waals surface area contributed by atoms with Crippen LogP contribution >= 0.6 is 0 Å². The Labute approximate surface area is 125 Å². The topological polar surface area (TPSA) is 78.5 Å². The maximum absolute atomic E-state index is 9.17. The lowest BCUT2D eigenvalue weighted by Gasteiger charge is -2.07. The Balaban J connectivity index is 1.98. The molecule has 112 valence electrons. The number of rotatable bonds is 7. The highest BCUT2D eigenvalue weighted by molar-refractivity contribution is 6.58. The van der Waals surface area contributed by atoms with Gasteiger partial charge in [0.05, 0.1) is 5.69 Å². The van der Waals surface area contributed by atoms with Gasteiger partial charge in [0.1, 0.15) is 5.76 Å². The molecule has 0 radical (unpaired) electrons. The molecule has 0 aliphatic rings. The fourth-order valence-electron chi connectivity index (χ4n) is 2.33. The number of aromatic nitrogens is 1. The first-order chi connectivity index (χ1) is 10.2. The molecule has 0 fully saturated rings. The molecule has 0 saturated carbocycles. The summed E-state index contributed by atoms with van der Waals surface area (Å²) in [6.45, 7) is 5.46. The lowest BCUT2D eigenvalue weighted by Crippen LogP contribution is -2.30. The maximum Gasteiger partial charge on any atom is 0.488 e. The van der Waals surface area contributed by atoms with E-state index in [0.717, 1.165) is 35.4 Å². The van der Waals surface area contributed by atoms with E-state index in [9.17, 15) is 10.0 Å². The summed E-state index contributed by atoms with van der Waals surface area (Å²) in [5, 5.41) is 25.8. The number of aryl methyl sites for hydroxylation is 2. The average Bonchev–Trinajstić information content (AvgIpc) is 2.89. The van der Waals surface area contributed by atoms with Crippen LogP contribution in [-0.4, -0.2) is 22.3 Å². The molecule has 0 amide bonds. The highest BCUT2D eigenvalue weighted by atomic mass is 16.5. The van der Waals surface area contributed by atoms with Crippen LogP contribution in [0.5, 0.6) is 0 Å². The minimum absolute atomic E-state index is 0.503. The van der Waals surface area contributed by atoms with Gasteiger partial charge in [-0.05, 0) is 17.4 Å². The highest BCUT2D eigenvalue weighted by Crippen LogP contribution is 2.15. The Bertz CT molecular complexity index is 563. The summed E-state index contributed by atoms with van der Waals surface area (Å²) in [4.78, 5) is 0. The van der Waals surface area contributed by atoms with Crippen molar-refractivity contribution in [2.24, 2.45) is 0 Å². The van der Waals surface area contributed by atoms with Crippen LogP contribution in [0.3, 0.4) is 0 Å². The van der Waals surface area contributed by atoms with E-state index in [-0.39, 0.29) is 0 Å². The van der Waals surface area contributed by atoms with E-state index in [1.807, 2.05) is 12.1 Å². The molecule has 6 heteroatoms. The standard InChI is InChI=1S/C15H21BN2O3/c1-3-14-13(15(4-2)21-18-14)10-17-9-11-6-5-7-12(8-11)16(19)20/h5-8,17,19-20H,3-4,9-10H2,1-2H3. The number of benzene rings is 1. The fourth-order valence-corrected chi connectivity index (χ4v) is 2.33. The molecule has 2 aromatic rings. The summed E-state index contributed by atoms with van der Waals surface area (Å²) in [7, 11) is -1.43. The summed E-state index contributed by atoms with van der Waals surface area (Å²) in [6, 6.07) is 7.25. The van der Waals surface area contributed by atoms with Gasteiger partial charge in [0.15, 0.2) is 0 Å². The average molecular weight is 288 g/mol. The SMILES string of the molecule is CCc1noc(CC)c1CNCc1cccc(B(O)O)c1. The Kier molecular flexibility index (Phi) is 5.55. The van der Waals surface area contributed by atoms with Crippen LogP contribution in [-0.2, 0) is 25.9 Å². The number of nitrogens with one attached hydrogen (secondary N) is 1. The van der Waals surface area contributed by atoms with Gasteiger partial charge < -0.3 is 19.9 Å². The molecule has 0 unspecified atom stereocenters. The predicted octanol–water partition coefficient (Wildman–Crippen LogP) is 0.769. The van der Waals surface area contributed by atoms with E-state index in [0.29, 0.717) is 18.6 Å². The van der Waals surface area contributed by atoms with Crippen molar-refractivity contribution in [3.63, 3.8) is 0 Å². The van der Waals surface area contributed by atoms with Gasteiger partial charge in [-0.3, -0.25) is 0 Å². The van der Waals surface area contributed by atoms with Gasteiger partial charge in [-0.2, -0.15) is 0 Å². The molecule has 0 spiro atoms. The van der Waals surface area contributed by atoms with Gasteiger partial charge in [0, 0.05) is 25.1 Å². The van der Waals surface area contributed by atoms with E-state index in [4.69, 9.17) is 4.52 Å². The summed E-state index contributed by atoms with van der Waals surface area (Å²) in [5.41, 5.74) is 3.65. The second kappa shape index (κ2) is 7.40. The lowest BCUT2D eigenvalue weighted by molar-refractivity contribution is 0.379. The second-order valence-corrected chi connectivity index (χ2v) is 4.96. The number of hydrogen-bond acceptors (Lipinski definition) is 5. The minimum atomic E-state index is -1.43. The van der Waals surface area contributed by atoms with E-state index < -0.39 is 7.12 Å². The van der Waals surface area contributed by atoms with Crippen molar-refractivity contribution in [3.8, 4) is 0 Å². The van der Waals surface area contributed by atoms with Crippen molar-refractivity contribution in [2.75, 3.05) is 0 Å². The molecule has 0 bridgehead atoms. The van der Waals surface area contributed by atoms with Gasteiger partial charge in [0.2, 0.25) is 0 Å². The first kappa shape index (κ1) is 15.8. The van der Waals surface area contributed by atoms with Crippen LogP contribution < -0.4 is 10.8 Å². The third kappa shape index (κ3) is 3.94. The molecule has 21 heavy (non-hydrogen) atoms. The van der Waals surface area contributed by atoms with Crippen LogP contribution in [0.2, 0.25) is 0 Å². The minimum Gasteiger partial charge on any atom is -0.423 e. The largest absolute Gasteiger partial charge is 0.488 e. The lowest BCUT2D eigenvalue weighted by atomic mass is 9.79. The molecule has 1 heterocycles. The first-order valence-electron chi connectivity index (χ1n) is 7.27. The van der Waals surface area contributed by atoms with Crippen molar-refractivity contribution >= 4 is 12.6 Å². The molecule has 5 nitrogen and oxygen atoms in total. The zero-order valence-corrected chi connectivity index (χ0v) is 12.5. The second-order valence-electron chi connectivity index (χ2n) is 4.96. The van der Waals surface area contributed by atoms with Crippen LogP contribution in [0.4, 0.5) is 0 Å². The van der Waals surface area contributed by atoms with Crippen molar-refractivity contribution in [3.05, 3.63) is 46.8 Å². The van der Waals surface area contributed by atoms with E-state index in [2.05, 4.69) is 24.3 Å². The number of nitrogens with zero attached hydrogens (tertiary/aromatic N) is 1. The van der Waals surface area contributed by atoms with Gasteiger partial charge in [-0.1, -0.05) is 43.3 Å². The number of hydrogen-bond donors (Lipinski definition) is 3. The molecular formula is C15H21BN2O3. The van der Waals surface area contributed by atoms with Gasteiger partial charge in [0.25, 0.3) is 0 Å². The Morgan fingerprint density at radius 1 is 1.19 bits per heavy atom. The molecular weight excluding hydrogens is 267 g/mol. The Morgan fingerprint density at radius 3 is 2.67 bits per heavy atom. The van der Waals surface area contributed by atoms with Gasteiger partial charge in [-0.15, -0.1) is 0 Å². The normalized spacial score (nSPS) is 10.9. The molecule has 1 aromatic carbocycles. The molecule has 1 aromatic heterocycles. The summed E-state index contributed by atoms with van der Waals surface area (Å²) in [6.07, 6.45) is 1.68. The molecule has 0 aliphatic carbocycles. The highest BCUT2D eigenvalue weighted by Gasteiger charge is 2.13. The quantitative estimate of drug-likeness (QED) is 0.656. The van der Waals surface area contributed by atoms with E-state index >= 15 is 0 Å². The van der Waals surface area contributed by atoms with Crippen molar-refractivity contribution in [2.45, 2.75) is 39.8 Å². The van der Waals surface area contributed by atoms with Crippen LogP contribution in [0.15, 0.2) is 28.8 Å². The summed E-state index contributed by atoms with van der Waals surface area (Å²) in [5.74, 6) is 0.930. The zero-order chi connectivity index (χ0) is 15.2. The van der Waals surface area contributed by atoms with E-state index in [1.165, 1.54) is 0 Å². The molecule has 0 aliphatic heterocycles. The Morgan fingerprint density at radius 2 is 2.00 bits per heavy atom. The predicted molar refractivity (Wildman–Crippen MR) is 82.1 cm³/mol. The van der Waals surface area contributed by atoms with Gasteiger partial charge >= 0.3 is 7.12 Å². The Hall–Kier alpha value is -1.63. The van der Waals surface area contributed by atoms with Crippen molar-refractivity contribution in [1.29, 1.82) is 0 Å². The van der Waals surface area contributed by atoms with Gasteiger partial charge in [-0.25, -0.2) is 0 Å². The summed E-state index contributed by atoms with van der Waals surface area (Å²) < 4.78 is 5.33. The maximum atomic E-state index is 9.17. The smallest absolute Gasteiger partial charge is 0.423 e. The van der Waals surface area contributed by atoms with Crippen molar-refractivity contribution < 1.29 is 14.6 Å². The van der Waals surface area contributed by atoms with Crippen LogP contribution in [0.1, 0.15) is 36.4 Å². The first-order valence-corrected chi connectivity index (χ1v) is 7.27. The monoisotopic (exact) mass is 288 g/mol. The fraction of sp³-hybridized carbons (Fsp3) is 0.400. The van der Waals surface area contributed by atoms with Crippen LogP contribution in [0.25, 0.3) is 0 Å². The van der Waals surface area contributed by atoms with Crippen LogP contribution in [0, 0.1) is 0 Å².